The predicted molar refractivity (Wildman–Crippen MR) is 149 cm³/mol. The Morgan fingerprint density at radius 3 is 2.42 bits per heavy atom. The average Bonchev–Trinajstić information content (AvgIpc) is 3.70. The molecule has 1 aromatic heterocycles. The number of fused-ring (bicyclic) bond motifs is 5. The summed E-state index contributed by atoms with van der Waals surface area (Å²) in [6.07, 6.45) is -7.89. The van der Waals surface area contributed by atoms with Crippen molar-refractivity contribution in [1.82, 2.24) is 10.3 Å². The second-order valence-corrected chi connectivity index (χ2v) is 13.1. The zero-order valence-electron chi connectivity index (χ0n) is 23.5. The van der Waals surface area contributed by atoms with Crippen LogP contribution in [0.1, 0.15) is 46.4 Å². The fraction of sp³-hybridized carbons (Fsp3) is 0.483. The SMILES string of the molecule is COc1ccc2nc(N3C4COCC3C4)sc2c1C(=O)Nc1cc2c(cc1C(=O)NC1CC3(C(F)(F)F)CC1C3)OC(F)(F)O2. The molecule has 3 atom stereocenters. The first-order valence-electron chi connectivity index (χ1n) is 14.3. The highest BCUT2D eigenvalue weighted by atomic mass is 32.1. The number of carbonyl (C=O) groups excluding carboxylic acids is 2. The molecule has 3 aromatic rings. The molecule has 5 fully saturated rings. The number of halogens is 5. The van der Waals surface area contributed by atoms with Crippen LogP contribution in [0.2, 0.25) is 0 Å². The first-order chi connectivity index (χ1) is 21.3. The van der Waals surface area contributed by atoms with Crippen LogP contribution in [-0.2, 0) is 4.74 Å². The van der Waals surface area contributed by atoms with Gasteiger partial charge in [-0.05, 0) is 49.8 Å². The van der Waals surface area contributed by atoms with E-state index in [2.05, 4.69) is 25.0 Å². The number of anilines is 2. The van der Waals surface area contributed by atoms with Gasteiger partial charge < -0.3 is 34.5 Å². The van der Waals surface area contributed by atoms with Gasteiger partial charge in [0, 0.05) is 12.1 Å². The summed E-state index contributed by atoms with van der Waals surface area (Å²) >= 11 is 1.29. The summed E-state index contributed by atoms with van der Waals surface area (Å²) in [7, 11) is 1.39. The number of nitrogens with one attached hydrogen (secondary N) is 2. The lowest BCUT2D eigenvalue weighted by Crippen LogP contribution is -2.64. The van der Waals surface area contributed by atoms with E-state index in [0.717, 1.165) is 18.6 Å². The maximum Gasteiger partial charge on any atom is 0.586 e. The smallest absolute Gasteiger partial charge is 0.496 e. The lowest BCUT2D eigenvalue weighted by molar-refractivity contribution is -0.286. The van der Waals surface area contributed by atoms with E-state index < -0.39 is 47.2 Å². The molecule has 238 valence electrons. The Bertz CT molecular complexity index is 1740. The Labute approximate surface area is 255 Å². The number of aromatic nitrogens is 1. The van der Waals surface area contributed by atoms with Gasteiger partial charge in [0.05, 0.1) is 59.3 Å². The number of nitrogens with zero attached hydrogens (tertiary/aromatic N) is 2. The zero-order valence-corrected chi connectivity index (χ0v) is 24.3. The maximum atomic E-state index is 14.0. The highest BCUT2D eigenvalue weighted by Gasteiger charge is 2.69. The van der Waals surface area contributed by atoms with Crippen LogP contribution < -0.4 is 29.7 Å². The lowest BCUT2D eigenvalue weighted by Gasteiger charge is -2.52. The third kappa shape index (κ3) is 4.39. The van der Waals surface area contributed by atoms with Gasteiger partial charge in [-0.25, -0.2) is 4.98 Å². The topological polar surface area (TPSA) is 111 Å². The number of hydrogen-bond donors (Lipinski definition) is 2. The highest BCUT2D eigenvalue weighted by Crippen LogP contribution is 2.66. The minimum atomic E-state index is -4.40. The molecule has 3 unspecified atom stereocenters. The van der Waals surface area contributed by atoms with Crippen LogP contribution in [0.4, 0.5) is 32.8 Å². The number of benzene rings is 2. The third-order valence-electron chi connectivity index (χ3n) is 9.57. The summed E-state index contributed by atoms with van der Waals surface area (Å²) in [4.78, 5) is 34.3. The van der Waals surface area contributed by atoms with Crippen LogP contribution >= 0.6 is 11.3 Å². The molecule has 2 aromatic carbocycles. The van der Waals surface area contributed by atoms with Crippen molar-refractivity contribution in [3.63, 3.8) is 0 Å². The number of methoxy groups -OCH3 is 1. The van der Waals surface area contributed by atoms with E-state index in [4.69, 9.17) is 14.5 Å². The molecule has 0 radical (unpaired) electrons. The fourth-order valence-electron chi connectivity index (χ4n) is 7.33. The molecular formula is C29H25F5N4O6S. The standard InChI is InChI=1S/C29H25F5N4O6S/c1-41-19-3-2-16-23(45-26(37-16)38-13-4-14(38)11-42-10-13)22(19)25(40)35-17-6-21-20(43-29(33,34)44-21)5-15(17)24(39)36-18-9-27(28(30,31)32)7-12(18)8-27/h2-3,5-6,12-14,18H,4,7-11H2,1H3,(H,35,40)(H,36,39). The van der Waals surface area contributed by atoms with Gasteiger partial charge in [-0.1, -0.05) is 11.3 Å². The molecule has 2 N–H and O–H groups in total. The van der Waals surface area contributed by atoms with Crippen molar-refractivity contribution >= 4 is 44.2 Å². The van der Waals surface area contributed by atoms with E-state index in [-0.39, 0.29) is 59.8 Å². The van der Waals surface area contributed by atoms with Crippen molar-refractivity contribution in [3.8, 4) is 17.2 Å². The highest BCUT2D eigenvalue weighted by molar-refractivity contribution is 7.22. The van der Waals surface area contributed by atoms with Crippen LogP contribution in [0.25, 0.3) is 10.2 Å². The van der Waals surface area contributed by atoms with E-state index in [1.165, 1.54) is 18.4 Å². The van der Waals surface area contributed by atoms with Gasteiger partial charge in [-0.15, -0.1) is 8.78 Å². The molecule has 3 aliphatic carbocycles. The molecule has 9 rings (SSSR count). The number of hydrogen-bond acceptors (Lipinski definition) is 9. The van der Waals surface area contributed by atoms with Crippen molar-refractivity contribution in [2.75, 3.05) is 30.5 Å². The summed E-state index contributed by atoms with van der Waals surface area (Å²) in [5.41, 5.74) is -1.67. The van der Waals surface area contributed by atoms with Crippen molar-refractivity contribution in [2.45, 2.75) is 56.3 Å². The molecule has 45 heavy (non-hydrogen) atoms. The fourth-order valence-corrected chi connectivity index (χ4v) is 8.57. The summed E-state index contributed by atoms with van der Waals surface area (Å²) in [5, 5.41) is 5.96. The number of morpholine rings is 1. The summed E-state index contributed by atoms with van der Waals surface area (Å²) in [6, 6.07) is 4.91. The molecule has 3 saturated carbocycles. The first-order valence-corrected chi connectivity index (χ1v) is 15.1. The Balaban J connectivity index is 1.12. The average molecular weight is 653 g/mol. The minimum Gasteiger partial charge on any atom is -0.496 e. The van der Waals surface area contributed by atoms with Crippen LogP contribution in [0.15, 0.2) is 24.3 Å². The molecule has 0 spiro atoms. The van der Waals surface area contributed by atoms with Crippen LogP contribution in [0, 0.1) is 11.3 Å². The van der Waals surface area contributed by atoms with E-state index in [1.807, 2.05) is 0 Å². The lowest BCUT2D eigenvalue weighted by atomic mass is 9.69. The molecule has 10 nitrogen and oxygen atoms in total. The molecule has 6 aliphatic rings. The molecule has 4 bridgehead atoms. The molecule has 16 heteroatoms. The number of thiazole rings is 1. The molecule has 3 aliphatic heterocycles. The van der Waals surface area contributed by atoms with Crippen LogP contribution in [-0.4, -0.2) is 67.7 Å². The van der Waals surface area contributed by atoms with Crippen molar-refractivity contribution in [1.29, 1.82) is 0 Å². The number of carbonyl (C=O) groups is 2. The van der Waals surface area contributed by atoms with Crippen molar-refractivity contribution in [2.24, 2.45) is 11.3 Å². The van der Waals surface area contributed by atoms with Crippen molar-refractivity contribution in [3.05, 3.63) is 35.4 Å². The monoisotopic (exact) mass is 652 g/mol. The quantitative estimate of drug-likeness (QED) is 0.345. The molecule has 2 amide bonds. The van der Waals surface area contributed by atoms with Crippen LogP contribution in [0.5, 0.6) is 17.2 Å². The van der Waals surface area contributed by atoms with Gasteiger partial charge in [-0.3, -0.25) is 9.59 Å². The second kappa shape index (κ2) is 9.55. The minimum absolute atomic E-state index is 0.0923. The largest absolute Gasteiger partial charge is 0.586 e. The first kappa shape index (κ1) is 28.5. The number of alkyl halides is 5. The number of rotatable bonds is 6. The summed E-state index contributed by atoms with van der Waals surface area (Å²) in [6.45, 7) is 1.16. The summed E-state index contributed by atoms with van der Waals surface area (Å²) in [5.74, 6) is -2.61. The Morgan fingerprint density at radius 1 is 1.07 bits per heavy atom. The molecule has 2 saturated heterocycles. The third-order valence-corrected chi connectivity index (χ3v) is 10.7. The molecular weight excluding hydrogens is 627 g/mol. The van der Waals surface area contributed by atoms with Crippen molar-refractivity contribution < 1.29 is 50.5 Å². The van der Waals surface area contributed by atoms with E-state index in [1.54, 1.807) is 12.1 Å². The van der Waals surface area contributed by atoms with Gasteiger partial charge in [0.25, 0.3) is 11.8 Å². The van der Waals surface area contributed by atoms with Gasteiger partial charge in [0.2, 0.25) is 0 Å². The Morgan fingerprint density at radius 2 is 1.78 bits per heavy atom. The maximum absolute atomic E-state index is 14.0. The molecule has 4 heterocycles. The normalized spacial score (nSPS) is 28.8. The predicted octanol–water partition coefficient (Wildman–Crippen LogP) is 5.32. The van der Waals surface area contributed by atoms with Gasteiger partial charge >= 0.3 is 12.5 Å². The number of ether oxygens (including phenoxy) is 4. The summed E-state index contributed by atoms with van der Waals surface area (Å²) < 4.78 is 89.4. The van der Waals surface area contributed by atoms with Crippen LogP contribution in [0.3, 0.4) is 0 Å². The Kier molecular flexibility index (Phi) is 6.06. The van der Waals surface area contributed by atoms with Gasteiger partial charge in [0.1, 0.15) is 11.3 Å². The van der Waals surface area contributed by atoms with E-state index in [9.17, 15) is 31.5 Å². The van der Waals surface area contributed by atoms with Gasteiger partial charge in [-0.2, -0.15) is 13.2 Å². The van der Waals surface area contributed by atoms with Gasteiger partial charge in [0.15, 0.2) is 16.6 Å². The zero-order chi connectivity index (χ0) is 31.5. The van der Waals surface area contributed by atoms with E-state index >= 15 is 0 Å². The second-order valence-electron chi connectivity index (χ2n) is 12.2. The number of amides is 2. The van der Waals surface area contributed by atoms with E-state index in [0.29, 0.717) is 28.6 Å². The Hall–Kier alpha value is -3.92.